The third-order valence-corrected chi connectivity index (χ3v) is 2.68. The van der Waals surface area contributed by atoms with Gasteiger partial charge in [-0.1, -0.05) is 5.16 Å². The third-order valence-electron chi connectivity index (χ3n) is 1.53. The summed E-state index contributed by atoms with van der Waals surface area (Å²) >= 11 is 7.02. The quantitative estimate of drug-likeness (QED) is 0.721. The Bertz CT molecular complexity index is 411. The van der Waals surface area contributed by atoms with Crippen LogP contribution in [-0.4, -0.2) is 15.1 Å². The van der Waals surface area contributed by atoms with Crippen LogP contribution in [0.2, 0.25) is 0 Å². The predicted molar refractivity (Wildman–Crippen MR) is 49.7 cm³/mol. The van der Waals surface area contributed by atoms with E-state index >= 15 is 0 Å². The highest BCUT2D eigenvalue weighted by molar-refractivity contribution is 7.13. The van der Waals surface area contributed by atoms with Gasteiger partial charge >= 0.3 is 0 Å². The van der Waals surface area contributed by atoms with Crippen molar-refractivity contribution in [2.45, 2.75) is 12.8 Å². The Morgan fingerprint density at radius 2 is 2.46 bits per heavy atom. The molecule has 4 nitrogen and oxygen atoms in total. The Hall–Kier alpha value is -0.940. The molecule has 0 fully saturated rings. The SMILES string of the molecule is Cc1ncsc1-c1nc(CCl)no1. The van der Waals surface area contributed by atoms with Gasteiger partial charge in [0.25, 0.3) is 5.89 Å². The maximum Gasteiger partial charge on any atom is 0.269 e. The van der Waals surface area contributed by atoms with Crippen molar-refractivity contribution in [3.63, 3.8) is 0 Å². The summed E-state index contributed by atoms with van der Waals surface area (Å²) in [6, 6.07) is 0. The van der Waals surface area contributed by atoms with E-state index in [1.807, 2.05) is 6.92 Å². The van der Waals surface area contributed by atoms with Crippen LogP contribution in [0.25, 0.3) is 10.8 Å². The molecular formula is C7H6ClN3OS. The Kier molecular flexibility index (Phi) is 2.28. The van der Waals surface area contributed by atoms with Gasteiger partial charge in [-0.05, 0) is 6.92 Å². The summed E-state index contributed by atoms with van der Waals surface area (Å²) in [5, 5.41) is 3.69. The molecule has 6 heteroatoms. The predicted octanol–water partition coefficient (Wildman–Crippen LogP) is 2.24. The Morgan fingerprint density at radius 1 is 1.62 bits per heavy atom. The molecular weight excluding hydrogens is 210 g/mol. The van der Waals surface area contributed by atoms with Crippen LogP contribution in [0.15, 0.2) is 10.0 Å². The molecule has 13 heavy (non-hydrogen) atoms. The molecule has 0 aliphatic carbocycles. The van der Waals surface area contributed by atoms with E-state index in [0.717, 1.165) is 10.6 Å². The summed E-state index contributed by atoms with van der Waals surface area (Å²) in [6.45, 7) is 1.90. The summed E-state index contributed by atoms with van der Waals surface area (Å²) < 4.78 is 5.01. The fourth-order valence-electron chi connectivity index (χ4n) is 0.908. The molecule has 0 bridgehead atoms. The van der Waals surface area contributed by atoms with Crippen LogP contribution < -0.4 is 0 Å². The standard InChI is InChI=1S/C7H6ClN3OS/c1-4-6(13-3-9-4)7-10-5(2-8)11-12-7/h3H,2H2,1H3. The minimum atomic E-state index is 0.265. The van der Waals surface area contributed by atoms with Gasteiger partial charge in [-0.25, -0.2) is 4.98 Å². The van der Waals surface area contributed by atoms with Crippen LogP contribution in [0.3, 0.4) is 0 Å². The highest BCUT2D eigenvalue weighted by Crippen LogP contribution is 2.25. The number of alkyl halides is 1. The molecule has 0 saturated heterocycles. The van der Waals surface area contributed by atoms with Gasteiger partial charge in [0, 0.05) is 0 Å². The van der Waals surface area contributed by atoms with Crippen molar-refractivity contribution in [2.24, 2.45) is 0 Å². The number of nitrogens with zero attached hydrogens (tertiary/aromatic N) is 3. The summed E-state index contributed by atoms with van der Waals surface area (Å²) in [7, 11) is 0. The molecule has 0 aromatic carbocycles. The van der Waals surface area contributed by atoms with Crippen LogP contribution >= 0.6 is 22.9 Å². The number of hydrogen-bond acceptors (Lipinski definition) is 5. The van der Waals surface area contributed by atoms with Crippen LogP contribution in [0, 0.1) is 6.92 Å². The zero-order valence-electron chi connectivity index (χ0n) is 6.82. The van der Waals surface area contributed by atoms with Crippen molar-refractivity contribution < 1.29 is 4.52 Å². The first kappa shape index (κ1) is 8.65. The Morgan fingerprint density at radius 3 is 3.00 bits per heavy atom. The number of aromatic nitrogens is 3. The second-order valence-corrected chi connectivity index (χ2v) is 3.54. The van der Waals surface area contributed by atoms with E-state index in [0.29, 0.717) is 11.7 Å². The van der Waals surface area contributed by atoms with E-state index in [4.69, 9.17) is 16.1 Å². The van der Waals surface area contributed by atoms with E-state index in [-0.39, 0.29) is 5.88 Å². The lowest BCUT2D eigenvalue weighted by molar-refractivity contribution is 0.425. The van der Waals surface area contributed by atoms with E-state index in [9.17, 15) is 0 Å². The molecule has 2 aromatic rings. The number of hydrogen-bond donors (Lipinski definition) is 0. The zero-order valence-corrected chi connectivity index (χ0v) is 8.39. The van der Waals surface area contributed by atoms with Crippen molar-refractivity contribution in [3.05, 3.63) is 17.0 Å². The van der Waals surface area contributed by atoms with Gasteiger partial charge in [0.15, 0.2) is 5.82 Å². The number of aryl methyl sites for hydroxylation is 1. The van der Waals surface area contributed by atoms with Gasteiger partial charge in [0.2, 0.25) is 0 Å². The van der Waals surface area contributed by atoms with Crippen LogP contribution in [0.4, 0.5) is 0 Å². The second-order valence-electron chi connectivity index (χ2n) is 2.42. The van der Waals surface area contributed by atoms with Crippen LogP contribution in [0.1, 0.15) is 11.5 Å². The molecule has 2 heterocycles. The van der Waals surface area contributed by atoms with Gasteiger partial charge in [-0.2, -0.15) is 4.98 Å². The summed E-state index contributed by atoms with van der Waals surface area (Å²) in [4.78, 5) is 9.08. The van der Waals surface area contributed by atoms with E-state index in [1.54, 1.807) is 5.51 Å². The average molecular weight is 216 g/mol. The normalized spacial score (nSPS) is 10.6. The second kappa shape index (κ2) is 3.43. The maximum atomic E-state index is 5.54. The minimum absolute atomic E-state index is 0.265. The van der Waals surface area contributed by atoms with E-state index < -0.39 is 0 Å². The highest BCUT2D eigenvalue weighted by Gasteiger charge is 2.12. The lowest BCUT2D eigenvalue weighted by atomic mass is 10.4. The molecule has 0 spiro atoms. The monoisotopic (exact) mass is 215 g/mol. The lowest BCUT2D eigenvalue weighted by Crippen LogP contribution is -1.80. The van der Waals surface area contributed by atoms with Crippen molar-refractivity contribution in [1.82, 2.24) is 15.1 Å². The minimum Gasteiger partial charge on any atom is -0.333 e. The topological polar surface area (TPSA) is 51.8 Å². The van der Waals surface area contributed by atoms with Crippen molar-refractivity contribution in [3.8, 4) is 10.8 Å². The molecule has 0 radical (unpaired) electrons. The summed E-state index contributed by atoms with van der Waals surface area (Å²) in [5.41, 5.74) is 2.64. The first-order chi connectivity index (χ1) is 6.31. The Labute approximate surface area is 83.6 Å². The number of rotatable bonds is 2. The van der Waals surface area contributed by atoms with Gasteiger partial charge < -0.3 is 4.52 Å². The number of thiazole rings is 1. The van der Waals surface area contributed by atoms with Crippen LogP contribution in [0.5, 0.6) is 0 Å². The summed E-state index contributed by atoms with van der Waals surface area (Å²) in [5.74, 6) is 1.27. The molecule has 0 aliphatic heterocycles. The van der Waals surface area contributed by atoms with Gasteiger partial charge in [0.1, 0.15) is 4.88 Å². The molecule has 0 amide bonds. The van der Waals surface area contributed by atoms with E-state index in [2.05, 4.69) is 15.1 Å². The molecule has 0 atom stereocenters. The maximum absolute atomic E-state index is 5.54. The highest BCUT2D eigenvalue weighted by atomic mass is 35.5. The first-order valence-electron chi connectivity index (χ1n) is 3.60. The fourth-order valence-corrected chi connectivity index (χ4v) is 1.74. The summed E-state index contributed by atoms with van der Waals surface area (Å²) in [6.07, 6.45) is 0. The van der Waals surface area contributed by atoms with E-state index in [1.165, 1.54) is 11.3 Å². The molecule has 0 N–H and O–H groups in total. The zero-order chi connectivity index (χ0) is 9.26. The lowest BCUT2D eigenvalue weighted by Gasteiger charge is -1.86. The number of halogens is 1. The smallest absolute Gasteiger partial charge is 0.269 e. The molecule has 2 rings (SSSR count). The van der Waals surface area contributed by atoms with Gasteiger partial charge in [-0.15, -0.1) is 22.9 Å². The van der Waals surface area contributed by atoms with Crippen LogP contribution in [-0.2, 0) is 5.88 Å². The molecule has 0 aliphatic rings. The average Bonchev–Trinajstić information content (AvgIpc) is 2.71. The van der Waals surface area contributed by atoms with Gasteiger partial charge in [-0.3, -0.25) is 0 Å². The van der Waals surface area contributed by atoms with Crippen molar-refractivity contribution in [1.29, 1.82) is 0 Å². The molecule has 2 aromatic heterocycles. The molecule has 0 unspecified atom stereocenters. The van der Waals surface area contributed by atoms with Gasteiger partial charge in [0.05, 0.1) is 17.1 Å². The van der Waals surface area contributed by atoms with Crippen molar-refractivity contribution >= 4 is 22.9 Å². The molecule has 0 saturated carbocycles. The molecule has 68 valence electrons. The fraction of sp³-hybridized carbons (Fsp3) is 0.286. The van der Waals surface area contributed by atoms with Crippen molar-refractivity contribution in [2.75, 3.05) is 0 Å². The third kappa shape index (κ3) is 1.57. The Balaban J connectivity index is 2.41. The first-order valence-corrected chi connectivity index (χ1v) is 5.01. The largest absolute Gasteiger partial charge is 0.333 e.